The van der Waals surface area contributed by atoms with Crippen molar-refractivity contribution in [2.24, 2.45) is 0 Å². The number of urea groups is 2. The third kappa shape index (κ3) is 3.17. The van der Waals surface area contributed by atoms with Gasteiger partial charge in [0.2, 0.25) is 0 Å². The summed E-state index contributed by atoms with van der Waals surface area (Å²) in [6.07, 6.45) is 0. The van der Waals surface area contributed by atoms with Crippen LogP contribution < -0.4 is 0 Å². The normalized spacial score (nSPS) is 21.7. The lowest BCUT2D eigenvalue weighted by Gasteiger charge is -2.19. The van der Waals surface area contributed by atoms with Crippen LogP contribution in [0.3, 0.4) is 0 Å². The topological polar surface area (TPSA) is 81.2 Å². The van der Waals surface area contributed by atoms with Crippen LogP contribution in [0.4, 0.5) is 9.59 Å². The molecule has 0 aliphatic carbocycles. The van der Waals surface area contributed by atoms with Gasteiger partial charge in [0, 0.05) is 0 Å². The molecule has 0 radical (unpaired) electrons. The second kappa shape index (κ2) is 6.28. The molecular weight excluding hydrogens is 536 g/mol. The first-order chi connectivity index (χ1) is 9.01. The third-order valence-corrected chi connectivity index (χ3v) is 5.47. The molecular formula is C8H8Br4N4O4. The molecule has 0 atom stereocenters. The molecule has 2 rings (SSSR count). The molecule has 2 aliphatic rings. The highest BCUT2D eigenvalue weighted by molar-refractivity contribution is 9.09. The van der Waals surface area contributed by atoms with Crippen molar-refractivity contribution in [1.82, 2.24) is 15.7 Å². The lowest BCUT2D eigenvalue weighted by atomic mass is 10.1. The molecule has 12 heteroatoms. The first kappa shape index (κ1) is 17.9. The summed E-state index contributed by atoms with van der Waals surface area (Å²) >= 11 is 11.5. The van der Waals surface area contributed by atoms with Crippen molar-refractivity contribution >= 4 is 88.5 Å². The molecule has 0 unspecified atom stereocenters. The zero-order valence-electron chi connectivity index (χ0n) is 10.1. The summed E-state index contributed by atoms with van der Waals surface area (Å²) in [6.45, 7) is 3.40. The van der Waals surface area contributed by atoms with Gasteiger partial charge in [0.1, 0.15) is 12.1 Å². The minimum Gasteiger partial charge on any atom is -0.271 e. The van der Waals surface area contributed by atoms with Crippen molar-refractivity contribution in [1.29, 1.82) is 0 Å². The molecule has 0 aromatic carbocycles. The Morgan fingerprint density at radius 1 is 0.900 bits per heavy atom. The zero-order valence-corrected chi connectivity index (χ0v) is 16.5. The fourth-order valence-corrected chi connectivity index (χ4v) is 3.18. The van der Waals surface area contributed by atoms with E-state index in [4.69, 9.17) is 0 Å². The summed E-state index contributed by atoms with van der Waals surface area (Å²) in [5, 5.41) is 0. The lowest BCUT2D eigenvalue weighted by molar-refractivity contribution is -0.127. The molecule has 0 aromatic rings. The number of hydrogen-bond acceptors (Lipinski definition) is 4. The van der Waals surface area contributed by atoms with Crippen molar-refractivity contribution in [2.45, 2.75) is 19.4 Å². The van der Waals surface area contributed by atoms with E-state index < -0.39 is 11.6 Å². The third-order valence-electron chi connectivity index (χ3n) is 2.40. The van der Waals surface area contributed by atoms with Crippen LogP contribution in [0.2, 0.25) is 0 Å². The Morgan fingerprint density at radius 3 is 1.50 bits per heavy atom. The predicted octanol–water partition coefficient (Wildman–Crippen LogP) is 2.52. The Balaban J connectivity index is 0.000000204. The maximum atomic E-state index is 11.2. The fraction of sp³-hybridized carbons (Fsp3) is 0.500. The number of rotatable bonds is 0. The number of carbonyl (C=O) groups excluding carboxylic acids is 4. The van der Waals surface area contributed by atoms with E-state index in [0.717, 1.165) is 11.8 Å². The van der Waals surface area contributed by atoms with Crippen LogP contribution in [0.15, 0.2) is 0 Å². The van der Waals surface area contributed by atoms with Gasteiger partial charge in [0.15, 0.2) is 0 Å². The van der Waals surface area contributed by atoms with E-state index in [0.29, 0.717) is 0 Å². The van der Waals surface area contributed by atoms with Gasteiger partial charge in [0.05, 0.1) is 64.6 Å². The van der Waals surface area contributed by atoms with Crippen LogP contribution in [-0.2, 0) is 9.59 Å². The Hall–Kier alpha value is -0.200. The van der Waals surface area contributed by atoms with Crippen molar-refractivity contribution in [2.75, 3.05) is 6.54 Å². The molecule has 0 saturated carbocycles. The summed E-state index contributed by atoms with van der Waals surface area (Å²) in [7, 11) is 0. The van der Waals surface area contributed by atoms with Gasteiger partial charge in [-0.25, -0.2) is 17.4 Å². The Bertz CT molecular complexity index is 485. The molecule has 2 heterocycles. The number of amides is 6. The van der Waals surface area contributed by atoms with Crippen LogP contribution in [0.25, 0.3) is 0 Å². The zero-order chi connectivity index (χ0) is 15.8. The largest absolute Gasteiger partial charge is 0.348 e. The molecule has 2 aliphatic heterocycles. The number of nitrogens with zero attached hydrogens (tertiary/aromatic N) is 4. The van der Waals surface area contributed by atoms with E-state index in [1.54, 1.807) is 13.8 Å². The molecule has 0 spiro atoms. The summed E-state index contributed by atoms with van der Waals surface area (Å²) in [5.41, 5.74) is -0.805. The summed E-state index contributed by atoms with van der Waals surface area (Å²) < 4.78 is 4.13. The first-order valence-electron chi connectivity index (χ1n) is 4.98. The van der Waals surface area contributed by atoms with Crippen molar-refractivity contribution < 1.29 is 19.2 Å². The van der Waals surface area contributed by atoms with Gasteiger partial charge in [0.25, 0.3) is 11.8 Å². The van der Waals surface area contributed by atoms with Crippen LogP contribution >= 0.6 is 64.6 Å². The molecule has 2 fully saturated rings. The van der Waals surface area contributed by atoms with E-state index in [9.17, 15) is 19.2 Å². The van der Waals surface area contributed by atoms with Gasteiger partial charge < -0.3 is 0 Å². The first-order valence-corrected chi connectivity index (χ1v) is 7.81. The molecule has 0 aromatic heterocycles. The van der Waals surface area contributed by atoms with Crippen LogP contribution in [0, 0.1) is 0 Å². The molecule has 2 saturated heterocycles. The number of carbonyl (C=O) groups is 4. The second-order valence-electron chi connectivity index (χ2n) is 4.19. The SMILES string of the molecule is CC1(C)C(=O)N(Br)C(=O)N1Br.O=C1CN(Br)C(=O)N1Br. The Morgan fingerprint density at radius 2 is 1.40 bits per heavy atom. The van der Waals surface area contributed by atoms with Crippen molar-refractivity contribution in [3.8, 4) is 0 Å². The van der Waals surface area contributed by atoms with E-state index in [-0.39, 0.29) is 24.4 Å². The van der Waals surface area contributed by atoms with E-state index in [1.807, 2.05) is 0 Å². The second-order valence-corrected chi connectivity index (χ2v) is 7.17. The number of halogens is 4. The van der Waals surface area contributed by atoms with E-state index in [2.05, 4.69) is 64.6 Å². The molecule has 0 N–H and O–H groups in total. The average Bonchev–Trinajstić information content (AvgIpc) is 2.68. The van der Waals surface area contributed by atoms with Crippen LogP contribution in [0.1, 0.15) is 13.8 Å². The Labute approximate surface area is 148 Å². The highest BCUT2D eigenvalue weighted by atomic mass is 79.9. The Kier molecular flexibility index (Phi) is 5.60. The summed E-state index contributed by atoms with van der Waals surface area (Å²) in [4.78, 5) is 43.5. The highest BCUT2D eigenvalue weighted by Crippen LogP contribution is 2.32. The minimum absolute atomic E-state index is 0.0874. The van der Waals surface area contributed by atoms with Gasteiger partial charge in [-0.1, -0.05) is 0 Å². The van der Waals surface area contributed by atoms with Crippen molar-refractivity contribution in [3.05, 3.63) is 0 Å². The fourth-order valence-electron chi connectivity index (χ4n) is 1.18. The highest BCUT2D eigenvalue weighted by Gasteiger charge is 2.50. The quantitative estimate of drug-likeness (QED) is 0.347. The van der Waals surface area contributed by atoms with Gasteiger partial charge in [-0.3, -0.25) is 9.59 Å². The van der Waals surface area contributed by atoms with Crippen LogP contribution in [0.5, 0.6) is 0 Å². The van der Waals surface area contributed by atoms with E-state index >= 15 is 0 Å². The minimum atomic E-state index is -0.805. The van der Waals surface area contributed by atoms with E-state index in [1.165, 1.54) is 3.93 Å². The predicted molar refractivity (Wildman–Crippen MR) is 82.8 cm³/mol. The summed E-state index contributed by atoms with van der Waals surface area (Å²) in [6, 6.07) is -0.792. The number of hydrogen-bond donors (Lipinski definition) is 0. The molecule has 20 heavy (non-hydrogen) atoms. The average molecular weight is 544 g/mol. The van der Waals surface area contributed by atoms with Gasteiger partial charge in [-0.2, -0.15) is 7.85 Å². The smallest absolute Gasteiger partial charge is 0.271 e. The number of imide groups is 2. The van der Waals surface area contributed by atoms with Crippen molar-refractivity contribution in [3.63, 3.8) is 0 Å². The maximum Gasteiger partial charge on any atom is 0.348 e. The monoisotopic (exact) mass is 540 g/mol. The molecule has 8 nitrogen and oxygen atoms in total. The molecule has 6 amide bonds. The van der Waals surface area contributed by atoms with Crippen LogP contribution in [-0.4, -0.2) is 51.7 Å². The molecule has 0 bridgehead atoms. The van der Waals surface area contributed by atoms with Gasteiger partial charge in [-0.15, -0.1) is 0 Å². The molecule has 112 valence electrons. The van der Waals surface area contributed by atoms with Gasteiger partial charge in [-0.05, 0) is 13.8 Å². The standard InChI is InChI=1S/C5H6Br2N2O2.C3H2Br2N2O2/c1-5(2)3(10)8(6)4(11)9(5)7;4-6-1-2(8)7(5)3(6)9/h1-2H3;1H2. The summed E-state index contributed by atoms with van der Waals surface area (Å²) in [5.74, 6) is -0.545. The lowest BCUT2D eigenvalue weighted by Crippen LogP contribution is -2.37. The maximum absolute atomic E-state index is 11.2. The van der Waals surface area contributed by atoms with Gasteiger partial charge >= 0.3 is 12.1 Å².